The number of ether oxygens (including phenoxy) is 2. The zero-order valence-electron chi connectivity index (χ0n) is 25.3. The molecule has 5 rings (SSSR count). The van der Waals surface area contributed by atoms with Crippen LogP contribution < -0.4 is 20.1 Å². The topological polar surface area (TPSA) is 173 Å². The zero-order chi connectivity index (χ0) is 31.8. The second-order valence-electron chi connectivity index (χ2n) is 10.8. The van der Waals surface area contributed by atoms with E-state index in [1.165, 1.54) is 6.33 Å². The molecule has 1 aliphatic heterocycles. The average molecular weight is 611 g/mol. The van der Waals surface area contributed by atoms with Crippen LogP contribution in [0.25, 0.3) is 11.1 Å². The van der Waals surface area contributed by atoms with Gasteiger partial charge in [0, 0.05) is 50.1 Å². The third-order valence-electron chi connectivity index (χ3n) is 7.57. The van der Waals surface area contributed by atoms with E-state index in [2.05, 4.69) is 42.2 Å². The highest BCUT2D eigenvalue weighted by Gasteiger charge is 2.21. The normalized spacial score (nSPS) is 13.9. The number of methoxy groups -OCH3 is 1. The highest BCUT2D eigenvalue weighted by molar-refractivity contribution is 5.95. The first-order chi connectivity index (χ1) is 21.8. The van der Waals surface area contributed by atoms with Crippen LogP contribution in [0.5, 0.6) is 11.5 Å². The number of hydrogen-bond donors (Lipinski definition) is 2. The second kappa shape index (κ2) is 14.3. The summed E-state index contributed by atoms with van der Waals surface area (Å²) < 4.78 is 13.1. The van der Waals surface area contributed by atoms with E-state index in [9.17, 15) is 14.9 Å². The third kappa shape index (κ3) is 7.88. The minimum atomic E-state index is -0.294. The van der Waals surface area contributed by atoms with Crippen molar-refractivity contribution in [3.8, 4) is 28.7 Å². The molecule has 0 unspecified atom stereocenters. The van der Waals surface area contributed by atoms with Gasteiger partial charge in [0.25, 0.3) is 5.91 Å². The molecule has 1 fully saturated rings. The van der Waals surface area contributed by atoms with Gasteiger partial charge in [-0.15, -0.1) is 5.10 Å². The van der Waals surface area contributed by atoms with Gasteiger partial charge in [-0.3, -0.25) is 9.59 Å². The van der Waals surface area contributed by atoms with Gasteiger partial charge in [0.1, 0.15) is 30.0 Å². The van der Waals surface area contributed by atoms with Crippen LogP contribution in [0.3, 0.4) is 0 Å². The van der Waals surface area contributed by atoms with Crippen molar-refractivity contribution in [1.29, 1.82) is 5.26 Å². The van der Waals surface area contributed by atoms with E-state index in [0.29, 0.717) is 66.4 Å². The molecule has 14 nitrogen and oxygen atoms in total. The summed E-state index contributed by atoms with van der Waals surface area (Å²) in [5.41, 5.74) is 2.90. The largest absolute Gasteiger partial charge is 0.495 e. The van der Waals surface area contributed by atoms with E-state index in [1.807, 2.05) is 11.8 Å². The van der Waals surface area contributed by atoms with Gasteiger partial charge in [0.05, 0.1) is 24.9 Å². The molecule has 232 valence electrons. The molecule has 0 radical (unpaired) electrons. The lowest BCUT2D eigenvalue weighted by molar-refractivity contribution is -0.130. The Labute approximate surface area is 260 Å². The summed E-state index contributed by atoms with van der Waals surface area (Å²) in [5.74, 6) is 1.49. The molecule has 0 aliphatic carbocycles. The van der Waals surface area contributed by atoms with E-state index in [4.69, 9.17) is 9.47 Å². The van der Waals surface area contributed by atoms with Crippen molar-refractivity contribution in [3.05, 3.63) is 66.2 Å². The van der Waals surface area contributed by atoms with Gasteiger partial charge in [0.15, 0.2) is 0 Å². The second-order valence-corrected chi connectivity index (χ2v) is 10.8. The van der Waals surface area contributed by atoms with Crippen LogP contribution in [0, 0.1) is 17.2 Å². The molecule has 2 amide bonds. The van der Waals surface area contributed by atoms with Crippen molar-refractivity contribution in [2.45, 2.75) is 39.3 Å². The third-order valence-corrected chi connectivity index (χ3v) is 7.57. The number of piperidine rings is 1. The summed E-state index contributed by atoms with van der Waals surface area (Å²) in [4.78, 5) is 35.3. The number of hydrogen-bond acceptors (Lipinski definition) is 11. The van der Waals surface area contributed by atoms with Gasteiger partial charge in [0.2, 0.25) is 11.9 Å². The first-order valence-corrected chi connectivity index (χ1v) is 14.6. The Kier molecular flexibility index (Phi) is 9.78. The molecule has 3 heterocycles. The number of nitrogens with one attached hydrogen (secondary N) is 2. The molecule has 2 aromatic heterocycles. The van der Waals surface area contributed by atoms with Crippen LogP contribution in [0.2, 0.25) is 0 Å². The monoisotopic (exact) mass is 610 g/mol. The summed E-state index contributed by atoms with van der Waals surface area (Å²) in [5, 5.41) is 26.9. The minimum absolute atomic E-state index is 0.0895. The van der Waals surface area contributed by atoms with E-state index in [0.717, 1.165) is 24.0 Å². The fourth-order valence-electron chi connectivity index (χ4n) is 5.07. The Morgan fingerprint density at radius 3 is 2.53 bits per heavy atom. The van der Waals surface area contributed by atoms with Crippen molar-refractivity contribution in [3.63, 3.8) is 0 Å². The predicted octanol–water partition coefficient (Wildman–Crippen LogP) is 3.21. The molecule has 1 atom stereocenters. The first kappa shape index (κ1) is 30.9. The molecule has 1 saturated heterocycles. The Hall–Kier alpha value is -5.58. The molecule has 1 aliphatic rings. The van der Waals surface area contributed by atoms with Crippen LogP contribution in [-0.2, 0) is 11.3 Å². The highest BCUT2D eigenvalue weighted by Crippen LogP contribution is 2.30. The summed E-state index contributed by atoms with van der Waals surface area (Å²) in [7, 11) is 1.55. The molecule has 2 aromatic carbocycles. The fraction of sp³-hybridized carbons (Fsp3) is 0.355. The standard InChI is InChI=1S/C31H34N10O4/c1-20(18-41-19-36-38-39-41)45-29-13-23(4-5-25(29)14-32)26-16-34-31(35-17-26)37-27-12-24(6-7-28(27)44-3)30(43)33-15-22-8-10-40(11-9-22)21(2)42/h4-7,12-13,16-17,19-20,22H,8-11,15,18H2,1-3H3,(H,33,43)(H,34,35,37)/t20-/m0/s1. The van der Waals surface area contributed by atoms with Crippen molar-refractivity contribution >= 4 is 23.5 Å². The van der Waals surface area contributed by atoms with Gasteiger partial charge in [-0.25, -0.2) is 14.6 Å². The Balaban J connectivity index is 1.23. The van der Waals surface area contributed by atoms with Crippen LogP contribution >= 0.6 is 0 Å². The van der Waals surface area contributed by atoms with Gasteiger partial charge >= 0.3 is 0 Å². The van der Waals surface area contributed by atoms with Crippen LogP contribution in [0.4, 0.5) is 11.6 Å². The van der Waals surface area contributed by atoms with Crippen molar-refractivity contribution < 1.29 is 19.1 Å². The molecule has 4 aromatic rings. The number of nitriles is 1. The van der Waals surface area contributed by atoms with E-state index in [-0.39, 0.29) is 17.9 Å². The Bertz CT molecular complexity index is 1660. The molecule has 0 spiro atoms. The van der Waals surface area contributed by atoms with Gasteiger partial charge in [-0.1, -0.05) is 6.07 Å². The highest BCUT2D eigenvalue weighted by atomic mass is 16.5. The molecular formula is C31H34N10O4. The van der Waals surface area contributed by atoms with Gasteiger partial charge in [-0.2, -0.15) is 5.26 Å². The number of anilines is 2. The summed E-state index contributed by atoms with van der Waals surface area (Å²) in [6.07, 6.45) is 6.24. The molecule has 14 heteroatoms. The van der Waals surface area contributed by atoms with Gasteiger partial charge < -0.3 is 25.0 Å². The summed E-state index contributed by atoms with van der Waals surface area (Å²) >= 11 is 0. The number of amides is 2. The number of carbonyl (C=O) groups is 2. The van der Waals surface area contributed by atoms with Crippen LogP contribution in [-0.4, -0.2) is 79.7 Å². The number of tetrazole rings is 1. The lowest BCUT2D eigenvalue weighted by Gasteiger charge is -2.31. The van der Waals surface area contributed by atoms with Crippen molar-refractivity contribution in [2.24, 2.45) is 5.92 Å². The van der Waals surface area contributed by atoms with Gasteiger partial charge in [-0.05, 0) is 72.0 Å². The summed E-state index contributed by atoms with van der Waals surface area (Å²) in [6.45, 7) is 5.85. The maximum absolute atomic E-state index is 13.0. The lowest BCUT2D eigenvalue weighted by atomic mass is 9.96. The SMILES string of the molecule is COc1ccc(C(=O)NCC2CCN(C(C)=O)CC2)cc1Nc1ncc(-c2ccc(C#N)c(O[C@@H](C)Cn3cnnn3)c2)cn1. The van der Waals surface area contributed by atoms with Crippen LogP contribution in [0.15, 0.2) is 55.1 Å². The smallest absolute Gasteiger partial charge is 0.251 e. The minimum Gasteiger partial charge on any atom is -0.495 e. The number of nitrogens with zero attached hydrogens (tertiary/aromatic N) is 8. The molecular weight excluding hydrogens is 576 g/mol. The average Bonchev–Trinajstić information content (AvgIpc) is 3.57. The number of carbonyl (C=O) groups excluding carboxylic acids is 2. The number of benzene rings is 2. The maximum Gasteiger partial charge on any atom is 0.251 e. The first-order valence-electron chi connectivity index (χ1n) is 14.6. The van der Waals surface area contributed by atoms with Crippen LogP contribution in [0.1, 0.15) is 42.6 Å². The summed E-state index contributed by atoms with van der Waals surface area (Å²) in [6, 6.07) is 12.6. The quantitative estimate of drug-likeness (QED) is 0.255. The molecule has 45 heavy (non-hydrogen) atoms. The van der Waals surface area contributed by atoms with Crippen molar-refractivity contribution in [1.82, 2.24) is 40.4 Å². The van der Waals surface area contributed by atoms with Crippen molar-refractivity contribution in [2.75, 3.05) is 32.1 Å². The molecule has 2 N–H and O–H groups in total. The Morgan fingerprint density at radius 2 is 1.87 bits per heavy atom. The molecule has 0 bridgehead atoms. The molecule has 0 saturated carbocycles. The number of rotatable bonds is 11. The lowest BCUT2D eigenvalue weighted by Crippen LogP contribution is -2.40. The van der Waals surface area contributed by atoms with E-state index >= 15 is 0 Å². The van der Waals surface area contributed by atoms with E-state index in [1.54, 1.807) is 67.5 Å². The Morgan fingerprint density at radius 1 is 1.09 bits per heavy atom. The number of aromatic nitrogens is 6. The number of likely N-dealkylation sites (tertiary alicyclic amines) is 1. The van der Waals surface area contributed by atoms with E-state index < -0.39 is 0 Å². The zero-order valence-corrected chi connectivity index (χ0v) is 25.3. The maximum atomic E-state index is 13.0. The predicted molar refractivity (Wildman–Crippen MR) is 164 cm³/mol. The fourth-order valence-corrected chi connectivity index (χ4v) is 5.07.